The van der Waals surface area contributed by atoms with Crippen LogP contribution in [0.2, 0.25) is 0 Å². The van der Waals surface area contributed by atoms with Crippen LogP contribution in [-0.2, 0) is 11.3 Å². The molecule has 19 heavy (non-hydrogen) atoms. The second kappa shape index (κ2) is 6.57. The van der Waals surface area contributed by atoms with E-state index in [0.29, 0.717) is 12.6 Å². The minimum absolute atomic E-state index is 0.105. The lowest BCUT2D eigenvalue weighted by Gasteiger charge is -2.21. The summed E-state index contributed by atoms with van der Waals surface area (Å²) in [5.41, 5.74) is 1.00. The summed E-state index contributed by atoms with van der Waals surface area (Å²) in [6, 6.07) is 10.5. The molecule has 0 aromatic heterocycles. The quantitative estimate of drug-likeness (QED) is 0.856. The molecule has 1 N–H and O–H groups in total. The lowest BCUT2D eigenvalue weighted by atomic mass is 10.2. The fraction of sp³-hybridized carbons (Fsp3) is 0.533. The lowest BCUT2D eigenvalue weighted by molar-refractivity contribution is 0.133. The third kappa shape index (κ3) is 4.91. The third-order valence-electron chi connectivity index (χ3n) is 3.31. The average Bonchev–Trinajstić information content (AvgIpc) is 3.21. The molecule has 0 spiro atoms. The normalized spacial score (nSPS) is 16.2. The monoisotopic (exact) mass is 262 g/mol. The highest BCUT2D eigenvalue weighted by Gasteiger charge is 2.27. The maximum absolute atomic E-state index is 11.6. The summed E-state index contributed by atoms with van der Waals surface area (Å²) in [5, 5.41) is 2.86. The van der Waals surface area contributed by atoms with Crippen LogP contribution < -0.4 is 5.32 Å². The van der Waals surface area contributed by atoms with Gasteiger partial charge in [0.2, 0.25) is 0 Å². The van der Waals surface area contributed by atoms with Gasteiger partial charge in [0.05, 0.1) is 0 Å². The van der Waals surface area contributed by atoms with Gasteiger partial charge in [0, 0.05) is 18.6 Å². The maximum atomic E-state index is 11.6. The molecule has 0 unspecified atom stereocenters. The summed E-state index contributed by atoms with van der Waals surface area (Å²) < 4.78 is 5.19. The first-order chi connectivity index (χ1) is 9.15. The van der Waals surface area contributed by atoms with Crippen LogP contribution >= 0.6 is 0 Å². The Balaban J connectivity index is 1.65. The van der Waals surface area contributed by atoms with E-state index in [4.69, 9.17) is 4.74 Å². The number of carbonyl (C=O) groups excluding carboxylic acids is 1. The standard InChI is InChI=1S/C15H22N2O2/c1-12(10-17(2)14-8-9-14)16-15(18)19-11-13-6-4-3-5-7-13/h3-7,12,14H,8-11H2,1-2H3,(H,16,18)/t12-/m0/s1. The molecule has 2 rings (SSSR count). The summed E-state index contributed by atoms with van der Waals surface area (Å²) in [6.07, 6.45) is 2.21. The van der Waals surface area contributed by atoms with Gasteiger partial charge < -0.3 is 15.0 Å². The molecule has 4 nitrogen and oxygen atoms in total. The first-order valence-corrected chi connectivity index (χ1v) is 6.82. The van der Waals surface area contributed by atoms with Crippen molar-refractivity contribution in [1.29, 1.82) is 0 Å². The number of rotatable bonds is 6. The molecule has 4 heteroatoms. The smallest absolute Gasteiger partial charge is 0.407 e. The number of alkyl carbamates (subject to hydrolysis) is 1. The van der Waals surface area contributed by atoms with Crippen LogP contribution in [0.4, 0.5) is 4.79 Å². The van der Waals surface area contributed by atoms with Crippen LogP contribution in [0.1, 0.15) is 25.3 Å². The van der Waals surface area contributed by atoms with E-state index in [0.717, 1.165) is 12.1 Å². The molecule has 0 radical (unpaired) electrons. The number of amides is 1. The fourth-order valence-electron chi connectivity index (χ4n) is 2.11. The summed E-state index contributed by atoms with van der Waals surface area (Å²) in [7, 11) is 2.10. The van der Waals surface area contributed by atoms with E-state index < -0.39 is 0 Å². The van der Waals surface area contributed by atoms with Crippen molar-refractivity contribution in [2.45, 2.75) is 38.5 Å². The molecule has 0 saturated heterocycles. The number of nitrogens with zero attached hydrogens (tertiary/aromatic N) is 1. The second-order valence-electron chi connectivity index (χ2n) is 5.28. The van der Waals surface area contributed by atoms with Crippen molar-refractivity contribution in [2.24, 2.45) is 0 Å². The SMILES string of the molecule is C[C@@H](CN(C)C1CC1)NC(=O)OCc1ccccc1. The van der Waals surface area contributed by atoms with E-state index in [1.165, 1.54) is 12.8 Å². The van der Waals surface area contributed by atoms with Gasteiger partial charge >= 0.3 is 6.09 Å². The Bertz CT molecular complexity index is 404. The van der Waals surface area contributed by atoms with E-state index in [1.54, 1.807) is 0 Å². The van der Waals surface area contributed by atoms with Crippen LogP contribution in [0.25, 0.3) is 0 Å². The molecule has 104 valence electrons. The molecule has 1 amide bonds. The third-order valence-corrected chi connectivity index (χ3v) is 3.31. The summed E-state index contributed by atoms with van der Waals surface area (Å²) >= 11 is 0. The predicted molar refractivity (Wildman–Crippen MR) is 74.9 cm³/mol. The molecule has 0 heterocycles. The summed E-state index contributed by atoms with van der Waals surface area (Å²) in [6.45, 7) is 3.19. The van der Waals surface area contributed by atoms with Crippen LogP contribution in [0.5, 0.6) is 0 Å². The fourth-order valence-corrected chi connectivity index (χ4v) is 2.11. The van der Waals surface area contributed by atoms with E-state index in [1.807, 2.05) is 37.3 Å². The van der Waals surface area contributed by atoms with Crippen molar-refractivity contribution in [3.63, 3.8) is 0 Å². The van der Waals surface area contributed by atoms with Crippen LogP contribution in [0.3, 0.4) is 0 Å². The Morgan fingerprint density at radius 2 is 2.11 bits per heavy atom. The number of likely N-dealkylation sites (N-methyl/N-ethyl adjacent to an activating group) is 1. The maximum Gasteiger partial charge on any atom is 0.407 e. The zero-order valence-corrected chi connectivity index (χ0v) is 11.6. The average molecular weight is 262 g/mol. The zero-order chi connectivity index (χ0) is 13.7. The Hall–Kier alpha value is -1.55. The van der Waals surface area contributed by atoms with Gasteiger partial charge in [0.15, 0.2) is 0 Å². The Morgan fingerprint density at radius 3 is 2.74 bits per heavy atom. The van der Waals surface area contributed by atoms with Gasteiger partial charge in [-0.3, -0.25) is 0 Å². The number of benzene rings is 1. The number of hydrogen-bond acceptors (Lipinski definition) is 3. The summed E-state index contributed by atoms with van der Waals surface area (Å²) in [5.74, 6) is 0. The minimum atomic E-state index is -0.347. The molecule has 0 bridgehead atoms. The number of hydrogen-bond donors (Lipinski definition) is 1. The molecular formula is C15H22N2O2. The molecule has 1 fully saturated rings. The molecule has 1 atom stereocenters. The Kier molecular flexibility index (Phi) is 4.80. The number of ether oxygens (including phenoxy) is 1. The zero-order valence-electron chi connectivity index (χ0n) is 11.6. The van der Waals surface area contributed by atoms with Gasteiger partial charge in [-0.15, -0.1) is 0 Å². The van der Waals surface area contributed by atoms with Gasteiger partial charge in [-0.1, -0.05) is 30.3 Å². The first kappa shape index (κ1) is 13.9. The topological polar surface area (TPSA) is 41.6 Å². The van der Waals surface area contributed by atoms with Crippen molar-refractivity contribution >= 4 is 6.09 Å². The summed E-state index contributed by atoms with van der Waals surface area (Å²) in [4.78, 5) is 13.9. The van der Waals surface area contributed by atoms with Crippen molar-refractivity contribution in [3.05, 3.63) is 35.9 Å². The number of nitrogens with one attached hydrogen (secondary N) is 1. The van der Waals surface area contributed by atoms with E-state index in [-0.39, 0.29) is 12.1 Å². The lowest BCUT2D eigenvalue weighted by Crippen LogP contribution is -2.41. The molecule has 0 aliphatic heterocycles. The molecule has 1 aromatic carbocycles. The van der Waals surface area contributed by atoms with E-state index >= 15 is 0 Å². The Labute approximate surface area is 114 Å². The highest BCUT2D eigenvalue weighted by Crippen LogP contribution is 2.25. The van der Waals surface area contributed by atoms with E-state index in [9.17, 15) is 4.79 Å². The van der Waals surface area contributed by atoms with Crippen LogP contribution in [0, 0.1) is 0 Å². The molecular weight excluding hydrogens is 240 g/mol. The molecule has 1 aliphatic carbocycles. The van der Waals surface area contributed by atoms with Crippen molar-refractivity contribution in [2.75, 3.05) is 13.6 Å². The van der Waals surface area contributed by atoms with Gasteiger partial charge in [0.1, 0.15) is 6.61 Å². The Morgan fingerprint density at radius 1 is 1.42 bits per heavy atom. The van der Waals surface area contributed by atoms with Crippen molar-refractivity contribution in [3.8, 4) is 0 Å². The second-order valence-corrected chi connectivity index (χ2v) is 5.28. The number of carbonyl (C=O) groups is 1. The van der Waals surface area contributed by atoms with Crippen LogP contribution in [0.15, 0.2) is 30.3 Å². The predicted octanol–water partition coefficient (Wildman–Crippen LogP) is 2.40. The van der Waals surface area contributed by atoms with Gasteiger partial charge in [-0.05, 0) is 32.4 Å². The highest BCUT2D eigenvalue weighted by molar-refractivity contribution is 5.67. The molecule has 1 aliphatic rings. The molecule has 1 saturated carbocycles. The largest absolute Gasteiger partial charge is 0.445 e. The van der Waals surface area contributed by atoms with Gasteiger partial charge in [-0.2, -0.15) is 0 Å². The van der Waals surface area contributed by atoms with E-state index in [2.05, 4.69) is 17.3 Å². The van der Waals surface area contributed by atoms with Crippen molar-refractivity contribution in [1.82, 2.24) is 10.2 Å². The van der Waals surface area contributed by atoms with Crippen LogP contribution in [-0.4, -0.2) is 36.7 Å². The van der Waals surface area contributed by atoms with Gasteiger partial charge in [0.25, 0.3) is 0 Å². The van der Waals surface area contributed by atoms with Crippen molar-refractivity contribution < 1.29 is 9.53 Å². The van der Waals surface area contributed by atoms with Gasteiger partial charge in [-0.25, -0.2) is 4.79 Å². The first-order valence-electron chi connectivity index (χ1n) is 6.82. The molecule has 1 aromatic rings. The highest BCUT2D eigenvalue weighted by atomic mass is 16.5. The minimum Gasteiger partial charge on any atom is -0.445 e.